The summed E-state index contributed by atoms with van der Waals surface area (Å²) in [5.41, 5.74) is 0. The molecule has 0 aliphatic heterocycles. The van der Waals surface area contributed by atoms with Crippen molar-refractivity contribution in [3.8, 4) is 0 Å². The summed E-state index contributed by atoms with van der Waals surface area (Å²) in [6.07, 6.45) is 2.28. The van der Waals surface area contributed by atoms with Crippen LogP contribution in [0.3, 0.4) is 0 Å². The zero-order chi connectivity index (χ0) is 13.8. The van der Waals surface area contributed by atoms with Gasteiger partial charge in [0.25, 0.3) is 5.91 Å². The monoisotopic (exact) mass is 266 g/mol. The van der Waals surface area contributed by atoms with Crippen molar-refractivity contribution in [3.63, 3.8) is 0 Å². The summed E-state index contributed by atoms with van der Waals surface area (Å²) in [4.78, 5) is 18.4. The van der Waals surface area contributed by atoms with E-state index in [1.165, 1.54) is 0 Å². The van der Waals surface area contributed by atoms with E-state index >= 15 is 0 Å². The molecule has 0 unspecified atom stereocenters. The smallest absolute Gasteiger partial charge is 0.293 e. The zero-order valence-corrected chi connectivity index (χ0v) is 11.8. The van der Waals surface area contributed by atoms with E-state index in [0.717, 1.165) is 18.7 Å². The van der Waals surface area contributed by atoms with Crippen molar-refractivity contribution in [1.82, 2.24) is 20.1 Å². The van der Waals surface area contributed by atoms with Gasteiger partial charge in [-0.1, -0.05) is 13.8 Å². The number of nitrogens with one attached hydrogen (secondary N) is 1. The molecule has 1 aliphatic rings. The molecule has 1 aromatic rings. The summed E-state index contributed by atoms with van der Waals surface area (Å²) in [7, 11) is 1.63. The summed E-state index contributed by atoms with van der Waals surface area (Å²) in [5, 5.41) is 6.92. The average Bonchev–Trinajstić information content (AvgIpc) is 3.11. The lowest BCUT2D eigenvalue weighted by Gasteiger charge is -2.22. The number of hydrogen-bond acceptors (Lipinski definition) is 4. The molecule has 1 N–H and O–H groups in total. The van der Waals surface area contributed by atoms with Crippen molar-refractivity contribution in [2.24, 2.45) is 5.92 Å². The summed E-state index contributed by atoms with van der Waals surface area (Å²) in [5.74, 6) is 1.89. The second-order valence-electron chi connectivity index (χ2n) is 5.46. The fourth-order valence-electron chi connectivity index (χ4n) is 1.97. The highest BCUT2D eigenvalue weighted by molar-refractivity contribution is 5.90. The molecule has 1 aromatic heterocycles. The summed E-state index contributed by atoms with van der Waals surface area (Å²) in [6, 6.07) is 0. The molecule has 0 spiro atoms. The normalized spacial score (nSPS) is 14.9. The highest BCUT2D eigenvalue weighted by Crippen LogP contribution is 2.37. The Morgan fingerprint density at radius 1 is 1.53 bits per heavy atom. The molecule has 0 bridgehead atoms. The molecule has 2 rings (SSSR count). The fourth-order valence-corrected chi connectivity index (χ4v) is 1.97. The first kappa shape index (κ1) is 14.0. The standard InChI is InChI=1S/C13H22N4O2/c1-9(2)8-17(6-7-19-3)13(18)12-14-11(15-16-12)10-4-5-10/h9-10H,4-8H2,1-3H3,(H,14,15,16). The summed E-state index contributed by atoms with van der Waals surface area (Å²) >= 11 is 0. The van der Waals surface area contributed by atoms with Gasteiger partial charge in [-0.05, 0) is 18.8 Å². The Kier molecular flexibility index (Phi) is 4.52. The first-order valence-electron chi connectivity index (χ1n) is 6.82. The average molecular weight is 266 g/mol. The highest BCUT2D eigenvalue weighted by Gasteiger charge is 2.29. The number of methoxy groups -OCH3 is 1. The predicted molar refractivity (Wildman–Crippen MR) is 71.0 cm³/mol. The maximum absolute atomic E-state index is 12.4. The Bertz CT molecular complexity index is 426. The van der Waals surface area contributed by atoms with E-state index < -0.39 is 0 Å². The Labute approximate surface area is 113 Å². The lowest BCUT2D eigenvalue weighted by molar-refractivity contribution is 0.0660. The van der Waals surface area contributed by atoms with Crippen LogP contribution in [0.15, 0.2) is 0 Å². The molecular weight excluding hydrogens is 244 g/mol. The lowest BCUT2D eigenvalue weighted by atomic mass is 10.2. The number of amides is 1. The summed E-state index contributed by atoms with van der Waals surface area (Å²) in [6.45, 7) is 5.95. The van der Waals surface area contributed by atoms with Gasteiger partial charge < -0.3 is 9.64 Å². The van der Waals surface area contributed by atoms with Crippen LogP contribution >= 0.6 is 0 Å². The largest absolute Gasteiger partial charge is 0.383 e. The van der Waals surface area contributed by atoms with E-state index in [0.29, 0.717) is 31.5 Å². The molecule has 106 valence electrons. The Balaban J connectivity index is 2.02. The molecule has 0 atom stereocenters. The van der Waals surface area contributed by atoms with Crippen molar-refractivity contribution in [2.45, 2.75) is 32.6 Å². The number of H-pyrrole nitrogens is 1. The van der Waals surface area contributed by atoms with Crippen LogP contribution in [0.2, 0.25) is 0 Å². The van der Waals surface area contributed by atoms with Gasteiger partial charge in [0.2, 0.25) is 5.82 Å². The van der Waals surface area contributed by atoms with Crippen LogP contribution in [0, 0.1) is 5.92 Å². The minimum Gasteiger partial charge on any atom is -0.383 e. The van der Waals surface area contributed by atoms with Gasteiger partial charge in [-0.3, -0.25) is 9.89 Å². The van der Waals surface area contributed by atoms with Crippen LogP contribution in [0.1, 0.15) is 49.1 Å². The molecule has 1 fully saturated rings. The minimum atomic E-state index is -0.117. The molecule has 1 saturated carbocycles. The molecule has 1 amide bonds. The number of aromatic amines is 1. The number of carbonyl (C=O) groups excluding carboxylic acids is 1. The van der Waals surface area contributed by atoms with E-state index in [4.69, 9.17) is 4.74 Å². The number of nitrogens with zero attached hydrogens (tertiary/aromatic N) is 3. The van der Waals surface area contributed by atoms with Crippen LogP contribution in [-0.2, 0) is 4.74 Å². The van der Waals surface area contributed by atoms with E-state index in [9.17, 15) is 4.79 Å². The van der Waals surface area contributed by atoms with Crippen LogP contribution in [0.5, 0.6) is 0 Å². The van der Waals surface area contributed by atoms with E-state index in [2.05, 4.69) is 29.0 Å². The van der Waals surface area contributed by atoms with Gasteiger partial charge in [-0.2, -0.15) is 0 Å². The SMILES string of the molecule is COCCN(CC(C)C)C(=O)c1n[nH]c(C2CC2)n1. The third-order valence-electron chi connectivity index (χ3n) is 3.10. The van der Waals surface area contributed by atoms with Gasteiger partial charge in [0, 0.05) is 26.1 Å². The number of carbonyl (C=O) groups is 1. The van der Waals surface area contributed by atoms with Crippen LogP contribution in [-0.4, -0.2) is 52.8 Å². The van der Waals surface area contributed by atoms with Crippen molar-refractivity contribution < 1.29 is 9.53 Å². The molecule has 6 nitrogen and oxygen atoms in total. The maximum Gasteiger partial charge on any atom is 0.293 e. The van der Waals surface area contributed by atoms with Crippen LogP contribution in [0.4, 0.5) is 0 Å². The quantitative estimate of drug-likeness (QED) is 0.810. The highest BCUT2D eigenvalue weighted by atomic mass is 16.5. The molecule has 19 heavy (non-hydrogen) atoms. The second kappa shape index (κ2) is 6.14. The molecule has 0 saturated heterocycles. The van der Waals surface area contributed by atoms with Gasteiger partial charge in [0.1, 0.15) is 5.82 Å². The lowest BCUT2D eigenvalue weighted by Crippen LogP contribution is -2.37. The third-order valence-corrected chi connectivity index (χ3v) is 3.10. The Hall–Kier alpha value is -1.43. The number of aromatic nitrogens is 3. The topological polar surface area (TPSA) is 71.1 Å². The zero-order valence-electron chi connectivity index (χ0n) is 11.8. The Morgan fingerprint density at radius 3 is 2.84 bits per heavy atom. The number of hydrogen-bond donors (Lipinski definition) is 1. The van der Waals surface area contributed by atoms with E-state index in [1.807, 2.05) is 0 Å². The first-order valence-corrected chi connectivity index (χ1v) is 6.82. The van der Waals surface area contributed by atoms with Gasteiger partial charge in [0.05, 0.1) is 6.61 Å². The summed E-state index contributed by atoms with van der Waals surface area (Å²) < 4.78 is 5.05. The number of ether oxygens (including phenoxy) is 1. The third kappa shape index (κ3) is 3.76. The maximum atomic E-state index is 12.4. The van der Waals surface area contributed by atoms with Crippen molar-refractivity contribution in [1.29, 1.82) is 0 Å². The minimum absolute atomic E-state index is 0.117. The first-order chi connectivity index (χ1) is 9.11. The van der Waals surface area contributed by atoms with Gasteiger partial charge >= 0.3 is 0 Å². The van der Waals surface area contributed by atoms with E-state index in [-0.39, 0.29) is 11.7 Å². The molecule has 0 aromatic carbocycles. The van der Waals surface area contributed by atoms with Crippen LogP contribution < -0.4 is 0 Å². The molecule has 1 aliphatic carbocycles. The van der Waals surface area contributed by atoms with Crippen molar-refractivity contribution in [3.05, 3.63) is 11.6 Å². The van der Waals surface area contributed by atoms with Gasteiger partial charge in [0.15, 0.2) is 0 Å². The van der Waals surface area contributed by atoms with E-state index in [1.54, 1.807) is 12.0 Å². The molecule has 6 heteroatoms. The second-order valence-corrected chi connectivity index (χ2v) is 5.46. The molecule has 1 heterocycles. The van der Waals surface area contributed by atoms with Crippen LogP contribution in [0.25, 0.3) is 0 Å². The predicted octanol–water partition coefficient (Wildman–Crippen LogP) is 1.43. The van der Waals surface area contributed by atoms with Gasteiger partial charge in [-0.25, -0.2) is 4.98 Å². The molecule has 0 radical (unpaired) electrons. The van der Waals surface area contributed by atoms with Gasteiger partial charge in [-0.15, -0.1) is 5.10 Å². The molecular formula is C13H22N4O2. The van der Waals surface area contributed by atoms with Crippen molar-refractivity contribution in [2.75, 3.05) is 26.8 Å². The fraction of sp³-hybridized carbons (Fsp3) is 0.769. The Morgan fingerprint density at radius 2 is 2.26 bits per heavy atom. The van der Waals surface area contributed by atoms with Crippen molar-refractivity contribution >= 4 is 5.91 Å². The number of rotatable bonds is 7.